The molecule has 0 spiro atoms. The van der Waals surface area contributed by atoms with Crippen molar-refractivity contribution in [2.24, 2.45) is 0 Å². The summed E-state index contributed by atoms with van der Waals surface area (Å²) in [6, 6.07) is 0. The molecule has 3 aromatic rings. The minimum Gasteiger partial charge on any atom is -0.479 e. The van der Waals surface area contributed by atoms with Crippen LogP contribution in [0.2, 0.25) is 0 Å². The van der Waals surface area contributed by atoms with Crippen LogP contribution in [0.3, 0.4) is 0 Å². The summed E-state index contributed by atoms with van der Waals surface area (Å²) in [7, 11) is 1.56. The summed E-state index contributed by atoms with van der Waals surface area (Å²) < 4.78 is 7.18. The van der Waals surface area contributed by atoms with Gasteiger partial charge in [0.2, 0.25) is 5.88 Å². The Morgan fingerprint density at radius 1 is 1.40 bits per heavy atom. The lowest BCUT2D eigenvalue weighted by Gasteiger charge is -2.07. The maximum absolute atomic E-state index is 6.23. The molecular weight excluding hydrogens is 298 g/mol. The molecule has 0 aliphatic rings. The fourth-order valence-corrected chi connectivity index (χ4v) is 2.78. The number of alkyl halides is 1. The van der Waals surface area contributed by atoms with Gasteiger partial charge in [0, 0.05) is 11.6 Å². The summed E-state index contributed by atoms with van der Waals surface area (Å²) in [6.45, 7) is 2.46. The summed E-state index contributed by atoms with van der Waals surface area (Å²) in [5.41, 5.74) is 1.32. The molecule has 6 nitrogen and oxygen atoms in total. The highest BCUT2D eigenvalue weighted by atomic mass is 35.5. The molecule has 0 radical (unpaired) electrons. The van der Waals surface area contributed by atoms with Crippen molar-refractivity contribution in [3.63, 3.8) is 0 Å². The number of imidazole rings is 1. The quantitative estimate of drug-likeness (QED) is 0.693. The van der Waals surface area contributed by atoms with Crippen LogP contribution in [0, 0.1) is 0 Å². The fraction of sp³-hybridized carbons (Fsp3) is 0.333. The topological polar surface area (TPSA) is 65.7 Å². The number of hydrogen-bond acceptors (Lipinski definition) is 6. The van der Waals surface area contributed by atoms with Crippen molar-refractivity contribution in [2.45, 2.75) is 18.8 Å². The third-order valence-corrected chi connectivity index (χ3v) is 3.81. The first-order valence-electron chi connectivity index (χ1n) is 5.98. The predicted molar refractivity (Wildman–Crippen MR) is 77.4 cm³/mol. The SMILES string of the molecule is COc1ncnc2c1nc(C(C)Cl)n2Cc1nccs1. The molecule has 3 aromatic heterocycles. The second-order valence-corrected chi connectivity index (χ2v) is 5.79. The van der Waals surface area contributed by atoms with Gasteiger partial charge in [0.1, 0.15) is 17.2 Å². The highest BCUT2D eigenvalue weighted by Crippen LogP contribution is 2.28. The average Bonchev–Trinajstić information content (AvgIpc) is 3.07. The van der Waals surface area contributed by atoms with Gasteiger partial charge in [0.15, 0.2) is 11.2 Å². The molecule has 0 aliphatic carbocycles. The highest BCUT2D eigenvalue weighted by molar-refractivity contribution is 7.09. The Labute approximate surface area is 124 Å². The van der Waals surface area contributed by atoms with Crippen molar-refractivity contribution in [1.29, 1.82) is 0 Å². The van der Waals surface area contributed by atoms with Crippen LogP contribution in [-0.2, 0) is 6.54 Å². The first kappa shape index (κ1) is 13.3. The molecule has 1 atom stereocenters. The van der Waals surface area contributed by atoms with Gasteiger partial charge in [-0.1, -0.05) is 0 Å². The standard InChI is InChI=1S/C12H12ClN5OS/c1-7(13)10-17-9-11(15-6-16-12(9)19-2)18(10)5-8-14-3-4-20-8/h3-4,6-7H,5H2,1-2H3. The summed E-state index contributed by atoms with van der Waals surface area (Å²) in [4.78, 5) is 17.2. The minimum absolute atomic E-state index is 0.242. The highest BCUT2D eigenvalue weighted by Gasteiger charge is 2.19. The molecule has 3 rings (SSSR count). The maximum atomic E-state index is 6.23. The third kappa shape index (κ3) is 2.23. The van der Waals surface area contributed by atoms with Crippen molar-refractivity contribution in [3.05, 3.63) is 28.7 Å². The van der Waals surface area contributed by atoms with Gasteiger partial charge >= 0.3 is 0 Å². The lowest BCUT2D eigenvalue weighted by Crippen LogP contribution is -2.06. The first-order valence-corrected chi connectivity index (χ1v) is 7.30. The Hall–Kier alpha value is -1.73. The van der Waals surface area contributed by atoms with E-state index in [4.69, 9.17) is 16.3 Å². The number of halogens is 1. The van der Waals surface area contributed by atoms with E-state index in [1.54, 1.807) is 24.6 Å². The van der Waals surface area contributed by atoms with Gasteiger partial charge in [-0.25, -0.2) is 15.0 Å². The molecule has 0 amide bonds. The number of fused-ring (bicyclic) bond motifs is 1. The van der Waals surface area contributed by atoms with Crippen LogP contribution in [0.1, 0.15) is 23.1 Å². The Bertz CT molecular complexity index is 725. The van der Waals surface area contributed by atoms with Gasteiger partial charge in [0.05, 0.1) is 19.0 Å². The molecule has 3 heterocycles. The zero-order valence-corrected chi connectivity index (χ0v) is 12.5. The molecule has 0 aromatic carbocycles. The molecule has 0 saturated carbocycles. The van der Waals surface area contributed by atoms with Crippen molar-refractivity contribution in [3.8, 4) is 5.88 Å². The number of ether oxygens (including phenoxy) is 1. The van der Waals surface area contributed by atoms with E-state index in [1.807, 2.05) is 16.9 Å². The second-order valence-electron chi connectivity index (χ2n) is 4.15. The van der Waals surface area contributed by atoms with Gasteiger partial charge in [-0.05, 0) is 6.92 Å². The van der Waals surface area contributed by atoms with Crippen LogP contribution in [0.4, 0.5) is 0 Å². The molecule has 0 bridgehead atoms. The van der Waals surface area contributed by atoms with E-state index >= 15 is 0 Å². The zero-order chi connectivity index (χ0) is 14.1. The van der Waals surface area contributed by atoms with Crippen molar-refractivity contribution < 1.29 is 4.74 Å². The lowest BCUT2D eigenvalue weighted by atomic mass is 10.4. The molecule has 0 aliphatic heterocycles. The number of rotatable bonds is 4. The van der Waals surface area contributed by atoms with Crippen LogP contribution in [0.5, 0.6) is 5.88 Å². The van der Waals surface area contributed by atoms with E-state index in [2.05, 4.69) is 19.9 Å². The third-order valence-electron chi connectivity index (χ3n) is 2.85. The summed E-state index contributed by atoms with van der Waals surface area (Å²) in [6.07, 6.45) is 3.24. The van der Waals surface area contributed by atoms with Crippen molar-refractivity contribution in [2.75, 3.05) is 7.11 Å². The van der Waals surface area contributed by atoms with Crippen LogP contribution in [0.15, 0.2) is 17.9 Å². The number of nitrogens with zero attached hydrogens (tertiary/aromatic N) is 5. The normalized spacial score (nSPS) is 12.8. The van der Waals surface area contributed by atoms with E-state index < -0.39 is 0 Å². The van der Waals surface area contributed by atoms with E-state index in [9.17, 15) is 0 Å². The Kier molecular flexibility index (Phi) is 3.54. The summed E-state index contributed by atoms with van der Waals surface area (Å²) >= 11 is 7.81. The van der Waals surface area contributed by atoms with Crippen LogP contribution >= 0.6 is 22.9 Å². The van der Waals surface area contributed by atoms with Crippen LogP contribution in [-0.4, -0.2) is 31.6 Å². The largest absolute Gasteiger partial charge is 0.479 e. The van der Waals surface area contributed by atoms with Gasteiger partial charge in [-0.2, -0.15) is 4.98 Å². The molecule has 0 N–H and O–H groups in total. The maximum Gasteiger partial charge on any atom is 0.245 e. The molecular formula is C12H12ClN5OS. The Balaban J connectivity index is 2.19. The van der Waals surface area contributed by atoms with Crippen LogP contribution in [0.25, 0.3) is 11.2 Å². The van der Waals surface area contributed by atoms with Crippen LogP contribution < -0.4 is 4.74 Å². The van der Waals surface area contributed by atoms with Crippen molar-refractivity contribution in [1.82, 2.24) is 24.5 Å². The number of thiazole rings is 1. The molecule has 104 valence electrons. The van der Waals surface area contributed by atoms with Gasteiger partial charge in [-0.3, -0.25) is 0 Å². The number of hydrogen-bond donors (Lipinski definition) is 0. The lowest BCUT2D eigenvalue weighted by molar-refractivity contribution is 0.401. The average molecular weight is 310 g/mol. The van der Waals surface area contributed by atoms with Gasteiger partial charge in [-0.15, -0.1) is 22.9 Å². The molecule has 1 unspecified atom stereocenters. The molecule has 8 heteroatoms. The smallest absolute Gasteiger partial charge is 0.245 e. The predicted octanol–water partition coefficient (Wildman–Crippen LogP) is 2.64. The minimum atomic E-state index is -0.242. The Morgan fingerprint density at radius 3 is 2.90 bits per heavy atom. The molecule has 20 heavy (non-hydrogen) atoms. The fourth-order valence-electron chi connectivity index (χ4n) is 2.01. The second kappa shape index (κ2) is 5.34. The monoisotopic (exact) mass is 309 g/mol. The number of methoxy groups -OCH3 is 1. The van der Waals surface area contributed by atoms with E-state index in [0.29, 0.717) is 23.6 Å². The van der Waals surface area contributed by atoms with E-state index in [1.165, 1.54) is 6.33 Å². The number of aromatic nitrogens is 5. The summed E-state index contributed by atoms with van der Waals surface area (Å²) in [5.74, 6) is 1.18. The summed E-state index contributed by atoms with van der Waals surface area (Å²) in [5, 5.41) is 2.67. The zero-order valence-electron chi connectivity index (χ0n) is 10.9. The Morgan fingerprint density at radius 2 is 2.25 bits per heavy atom. The van der Waals surface area contributed by atoms with Crippen molar-refractivity contribution >= 4 is 34.1 Å². The van der Waals surface area contributed by atoms with Gasteiger partial charge < -0.3 is 9.30 Å². The molecule has 0 fully saturated rings. The van der Waals surface area contributed by atoms with Gasteiger partial charge in [0.25, 0.3) is 0 Å². The van der Waals surface area contributed by atoms with E-state index in [0.717, 1.165) is 10.8 Å². The first-order chi connectivity index (χ1) is 9.70. The molecule has 0 saturated heterocycles. The van der Waals surface area contributed by atoms with E-state index in [-0.39, 0.29) is 5.38 Å².